The summed E-state index contributed by atoms with van der Waals surface area (Å²) in [4.78, 5) is 5.17. The summed E-state index contributed by atoms with van der Waals surface area (Å²) in [5, 5.41) is 6.53. The maximum absolute atomic E-state index is 13.4. The number of hydrogen-bond donors (Lipinski definition) is 2. The molecule has 0 saturated carbocycles. The van der Waals surface area contributed by atoms with Gasteiger partial charge in [-0.25, -0.2) is 4.39 Å². The Hall–Kier alpha value is -0.500. The van der Waals surface area contributed by atoms with Crippen molar-refractivity contribution < 1.29 is 4.39 Å². The average Bonchev–Trinajstić information content (AvgIpc) is 2.35. The molecule has 0 aliphatic heterocycles. The summed E-state index contributed by atoms with van der Waals surface area (Å²) in [7, 11) is 0. The lowest BCUT2D eigenvalue weighted by Crippen LogP contribution is -2.47. The number of guanidine groups is 1. The van der Waals surface area contributed by atoms with E-state index in [0.29, 0.717) is 11.4 Å². The van der Waals surface area contributed by atoms with Gasteiger partial charge in [0.25, 0.3) is 0 Å². The number of halogens is 2. The van der Waals surface area contributed by atoms with Crippen molar-refractivity contribution in [2.24, 2.45) is 4.99 Å². The van der Waals surface area contributed by atoms with Gasteiger partial charge in [-0.2, -0.15) is 0 Å². The summed E-state index contributed by atoms with van der Waals surface area (Å²) in [6.07, 6.45) is 0. The first-order valence-electron chi connectivity index (χ1n) is 6.86. The highest BCUT2D eigenvalue weighted by molar-refractivity contribution is 14.0. The van der Waals surface area contributed by atoms with Gasteiger partial charge < -0.3 is 10.6 Å². The second-order valence-electron chi connectivity index (χ2n) is 5.41. The summed E-state index contributed by atoms with van der Waals surface area (Å²) in [5.41, 5.74) is -0.0281. The van der Waals surface area contributed by atoms with E-state index in [4.69, 9.17) is 0 Å². The Labute approximate surface area is 148 Å². The molecule has 6 heteroatoms. The van der Waals surface area contributed by atoms with Crippen molar-refractivity contribution in [1.82, 2.24) is 10.6 Å². The molecule has 2 N–H and O–H groups in total. The summed E-state index contributed by atoms with van der Waals surface area (Å²) in [5.74, 6) is 1.39. The highest BCUT2D eigenvalue weighted by atomic mass is 127. The minimum atomic E-state index is -0.166. The molecule has 0 aromatic heterocycles. The van der Waals surface area contributed by atoms with Crippen molar-refractivity contribution in [2.75, 3.05) is 18.8 Å². The Morgan fingerprint density at radius 1 is 1.29 bits per heavy atom. The number of benzene rings is 1. The number of thioether (sulfide) groups is 1. The standard InChI is InChI=1S/C15H24FN3S.HI/c1-5-17-14(19-15(2,3)4)18-10-11-20-13-9-7-6-8-12(13)16;/h6-9H,5,10-11H2,1-4H3,(H2,17,18,19);1H. The van der Waals surface area contributed by atoms with E-state index in [0.717, 1.165) is 18.3 Å². The lowest BCUT2D eigenvalue weighted by Gasteiger charge is -2.23. The first-order valence-corrected chi connectivity index (χ1v) is 7.85. The molecule has 0 aliphatic carbocycles. The van der Waals surface area contributed by atoms with Crippen LogP contribution in [0.4, 0.5) is 4.39 Å². The quantitative estimate of drug-likeness (QED) is 0.247. The maximum Gasteiger partial charge on any atom is 0.191 e. The van der Waals surface area contributed by atoms with Gasteiger partial charge in [0.15, 0.2) is 5.96 Å². The molecule has 0 aliphatic rings. The van der Waals surface area contributed by atoms with Gasteiger partial charge >= 0.3 is 0 Å². The van der Waals surface area contributed by atoms with E-state index in [1.54, 1.807) is 12.1 Å². The van der Waals surface area contributed by atoms with Gasteiger partial charge in [0.1, 0.15) is 5.82 Å². The first kappa shape index (κ1) is 20.5. The minimum absolute atomic E-state index is 0. The van der Waals surface area contributed by atoms with Crippen molar-refractivity contribution in [3.05, 3.63) is 30.1 Å². The Morgan fingerprint density at radius 2 is 1.95 bits per heavy atom. The topological polar surface area (TPSA) is 36.4 Å². The zero-order valence-corrected chi connectivity index (χ0v) is 16.2. The smallest absolute Gasteiger partial charge is 0.191 e. The van der Waals surface area contributed by atoms with Gasteiger partial charge in [0.05, 0.1) is 6.54 Å². The Morgan fingerprint density at radius 3 is 2.52 bits per heavy atom. The fourth-order valence-electron chi connectivity index (χ4n) is 1.54. The second kappa shape index (κ2) is 10.3. The normalized spacial score (nSPS) is 11.8. The molecule has 1 aromatic carbocycles. The molecule has 0 fully saturated rings. The van der Waals surface area contributed by atoms with E-state index in [1.165, 1.54) is 17.8 Å². The maximum atomic E-state index is 13.4. The fourth-order valence-corrected chi connectivity index (χ4v) is 2.32. The number of rotatable bonds is 5. The average molecular weight is 425 g/mol. The molecular formula is C15H25FIN3S. The molecule has 21 heavy (non-hydrogen) atoms. The lowest BCUT2D eigenvalue weighted by atomic mass is 10.1. The Balaban J connectivity index is 0.00000400. The third-order valence-electron chi connectivity index (χ3n) is 2.29. The summed E-state index contributed by atoms with van der Waals surface area (Å²) in [6.45, 7) is 9.77. The third kappa shape index (κ3) is 9.18. The summed E-state index contributed by atoms with van der Waals surface area (Å²) >= 11 is 1.49. The predicted molar refractivity (Wildman–Crippen MR) is 101 cm³/mol. The van der Waals surface area contributed by atoms with Crippen LogP contribution >= 0.6 is 35.7 Å². The van der Waals surface area contributed by atoms with Crippen LogP contribution in [0.25, 0.3) is 0 Å². The van der Waals surface area contributed by atoms with Crippen LogP contribution in [0.15, 0.2) is 34.2 Å². The van der Waals surface area contributed by atoms with E-state index < -0.39 is 0 Å². The Bertz CT molecular complexity index is 447. The van der Waals surface area contributed by atoms with Gasteiger partial charge in [-0.3, -0.25) is 4.99 Å². The van der Waals surface area contributed by atoms with Gasteiger partial charge in [-0.15, -0.1) is 35.7 Å². The molecule has 120 valence electrons. The molecule has 1 aromatic rings. The van der Waals surface area contributed by atoms with E-state index in [-0.39, 0.29) is 35.3 Å². The second-order valence-corrected chi connectivity index (χ2v) is 6.55. The van der Waals surface area contributed by atoms with Crippen LogP contribution < -0.4 is 10.6 Å². The Kier molecular flexibility index (Phi) is 10.0. The molecule has 0 bridgehead atoms. The highest BCUT2D eigenvalue weighted by Crippen LogP contribution is 2.20. The van der Waals surface area contributed by atoms with E-state index in [9.17, 15) is 4.39 Å². The van der Waals surface area contributed by atoms with Crippen molar-refractivity contribution in [2.45, 2.75) is 38.1 Å². The number of aliphatic imine (C=N–C) groups is 1. The van der Waals surface area contributed by atoms with Crippen LogP contribution in [0.5, 0.6) is 0 Å². The largest absolute Gasteiger partial charge is 0.357 e. The van der Waals surface area contributed by atoms with Crippen LogP contribution in [-0.2, 0) is 0 Å². The van der Waals surface area contributed by atoms with Crippen molar-refractivity contribution in [1.29, 1.82) is 0 Å². The van der Waals surface area contributed by atoms with Crippen LogP contribution in [0, 0.1) is 5.82 Å². The van der Waals surface area contributed by atoms with Crippen LogP contribution in [0.1, 0.15) is 27.7 Å². The molecule has 0 atom stereocenters. The van der Waals surface area contributed by atoms with Crippen molar-refractivity contribution in [3.63, 3.8) is 0 Å². The predicted octanol–water partition coefficient (Wildman–Crippen LogP) is 3.89. The number of hydrogen-bond acceptors (Lipinski definition) is 2. The van der Waals surface area contributed by atoms with E-state index in [2.05, 4.69) is 36.4 Å². The number of nitrogens with one attached hydrogen (secondary N) is 2. The van der Waals surface area contributed by atoms with E-state index in [1.807, 2.05) is 13.0 Å². The summed E-state index contributed by atoms with van der Waals surface area (Å²) < 4.78 is 13.4. The highest BCUT2D eigenvalue weighted by Gasteiger charge is 2.11. The van der Waals surface area contributed by atoms with Gasteiger partial charge in [0, 0.05) is 22.7 Å². The van der Waals surface area contributed by atoms with Gasteiger partial charge in [0.2, 0.25) is 0 Å². The van der Waals surface area contributed by atoms with Crippen LogP contribution in [0.3, 0.4) is 0 Å². The van der Waals surface area contributed by atoms with E-state index >= 15 is 0 Å². The van der Waals surface area contributed by atoms with Gasteiger partial charge in [-0.05, 0) is 39.8 Å². The molecule has 0 spiro atoms. The SMILES string of the molecule is CCNC(=NCCSc1ccccc1F)NC(C)(C)C.I. The first-order chi connectivity index (χ1) is 9.42. The number of nitrogens with zero attached hydrogens (tertiary/aromatic N) is 1. The molecule has 0 radical (unpaired) electrons. The zero-order chi connectivity index (χ0) is 15.0. The lowest BCUT2D eigenvalue weighted by molar-refractivity contribution is 0.502. The van der Waals surface area contributed by atoms with Gasteiger partial charge in [-0.1, -0.05) is 12.1 Å². The molecule has 3 nitrogen and oxygen atoms in total. The zero-order valence-electron chi connectivity index (χ0n) is 13.1. The third-order valence-corrected chi connectivity index (χ3v) is 3.32. The van der Waals surface area contributed by atoms with Crippen LogP contribution in [0.2, 0.25) is 0 Å². The monoisotopic (exact) mass is 425 g/mol. The van der Waals surface area contributed by atoms with Crippen LogP contribution in [-0.4, -0.2) is 30.3 Å². The van der Waals surface area contributed by atoms with Crippen molar-refractivity contribution in [3.8, 4) is 0 Å². The molecule has 1 rings (SSSR count). The molecule has 0 unspecified atom stereocenters. The fraction of sp³-hybridized carbons (Fsp3) is 0.533. The minimum Gasteiger partial charge on any atom is -0.357 e. The van der Waals surface area contributed by atoms with Crippen molar-refractivity contribution >= 4 is 41.7 Å². The molecule has 0 heterocycles. The molecule has 0 amide bonds. The summed E-state index contributed by atoms with van der Waals surface area (Å²) in [6, 6.07) is 6.83. The molecular weight excluding hydrogens is 400 g/mol. The molecule has 0 saturated heterocycles.